The maximum atomic E-state index is 13.9. The largest absolute Gasteiger partial charge is 0.489 e. The van der Waals surface area contributed by atoms with Crippen LogP contribution in [0.15, 0.2) is 83.5 Å². The SMILES string of the molecule is O=C1OC(c2ccccc2F)=N/C1=C\c1cccc(OCc2cccc(Cl)c2)c1. The van der Waals surface area contributed by atoms with E-state index in [9.17, 15) is 9.18 Å². The van der Waals surface area contributed by atoms with Crippen molar-refractivity contribution in [2.75, 3.05) is 0 Å². The van der Waals surface area contributed by atoms with Gasteiger partial charge in [-0.1, -0.05) is 48.0 Å². The molecule has 144 valence electrons. The van der Waals surface area contributed by atoms with E-state index < -0.39 is 11.8 Å². The van der Waals surface area contributed by atoms with Crippen LogP contribution in [0.2, 0.25) is 5.02 Å². The number of halogens is 2. The van der Waals surface area contributed by atoms with Gasteiger partial charge in [-0.25, -0.2) is 14.2 Å². The van der Waals surface area contributed by atoms with Crippen LogP contribution < -0.4 is 4.74 Å². The van der Waals surface area contributed by atoms with Gasteiger partial charge in [-0.05, 0) is 53.6 Å². The highest BCUT2D eigenvalue weighted by Gasteiger charge is 2.25. The minimum atomic E-state index is -0.631. The third-order valence-electron chi connectivity index (χ3n) is 4.18. The van der Waals surface area contributed by atoms with E-state index in [1.165, 1.54) is 12.1 Å². The minimum Gasteiger partial charge on any atom is -0.489 e. The summed E-state index contributed by atoms with van der Waals surface area (Å²) in [6.45, 7) is 0.359. The molecule has 0 amide bonds. The number of aliphatic imine (C=N–C) groups is 1. The van der Waals surface area contributed by atoms with Gasteiger partial charge < -0.3 is 9.47 Å². The number of hydrogen-bond donors (Lipinski definition) is 0. The molecule has 0 saturated carbocycles. The van der Waals surface area contributed by atoms with Gasteiger partial charge >= 0.3 is 5.97 Å². The Morgan fingerprint density at radius 2 is 1.86 bits per heavy atom. The van der Waals surface area contributed by atoms with Crippen LogP contribution in [0.1, 0.15) is 16.7 Å². The summed E-state index contributed by atoms with van der Waals surface area (Å²) in [5, 5.41) is 0.646. The molecule has 0 atom stereocenters. The molecule has 29 heavy (non-hydrogen) atoms. The van der Waals surface area contributed by atoms with E-state index in [-0.39, 0.29) is 17.2 Å². The number of ether oxygens (including phenoxy) is 2. The maximum absolute atomic E-state index is 13.9. The fourth-order valence-corrected chi connectivity index (χ4v) is 3.02. The zero-order chi connectivity index (χ0) is 20.2. The smallest absolute Gasteiger partial charge is 0.363 e. The zero-order valence-electron chi connectivity index (χ0n) is 15.1. The fraction of sp³-hybridized carbons (Fsp3) is 0.0435. The Labute approximate surface area is 171 Å². The average Bonchev–Trinajstić information content (AvgIpc) is 3.07. The Bertz CT molecular complexity index is 1140. The van der Waals surface area contributed by atoms with Crippen molar-refractivity contribution >= 4 is 29.5 Å². The van der Waals surface area contributed by atoms with Crippen LogP contribution in [0.25, 0.3) is 6.08 Å². The summed E-state index contributed by atoms with van der Waals surface area (Å²) in [4.78, 5) is 16.3. The summed E-state index contributed by atoms with van der Waals surface area (Å²) in [6.07, 6.45) is 1.57. The molecule has 4 nitrogen and oxygen atoms in total. The zero-order valence-corrected chi connectivity index (χ0v) is 15.9. The molecule has 0 unspecified atom stereocenters. The molecule has 0 aromatic heterocycles. The van der Waals surface area contributed by atoms with Crippen molar-refractivity contribution < 1.29 is 18.7 Å². The number of hydrogen-bond acceptors (Lipinski definition) is 4. The van der Waals surface area contributed by atoms with Crippen molar-refractivity contribution in [1.82, 2.24) is 0 Å². The second-order valence-electron chi connectivity index (χ2n) is 6.31. The molecule has 0 spiro atoms. The van der Waals surface area contributed by atoms with Crippen LogP contribution in [0.4, 0.5) is 4.39 Å². The lowest BCUT2D eigenvalue weighted by molar-refractivity contribution is -0.129. The quantitative estimate of drug-likeness (QED) is 0.420. The highest BCUT2D eigenvalue weighted by atomic mass is 35.5. The van der Waals surface area contributed by atoms with E-state index in [0.717, 1.165) is 5.56 Å². The van der Waals surface area contributed by atoms with Crippen molar-refractivity contribution in [1.29, 1.82) is 0 Å². The van der Waals surface area contributed by atoms with Crippen molar-refractivity contribution in [2.24, 2.45) is 4.99 Å². The molecule has 1 heterocycles. The molecule has 1 aliphatic rings. The van der Waals surface area contributed by atoms with Gasteiger partial charge in [0.2, 0.25) is 5.90 Å². The van der Waals surface area contributed by atoms with Crippen LogP contribution in [-0.4, -0.2) is 11.9 Å². The van der Waals surface area contributed by atoms with Gasteiger partial charge in [0.1, 0.15) is 18.2 Å². The molecular weight excluding hydrogens is 393 g/mol. The molecule has 0 saturated heterocycles. The molecule has 6 heteroatoms. The highest BCUT2D eigenvalue weighted by Crippen LogP contribution is 2.23. The summed E-state index contributed by atoms with van der Waals surface area (Å²) in [5.74, 6) is -0.554. The monoisotopic (exact) mass is 407 g/mol. The number of esters is 1. The Morgan fingerprint density at radius 1 is 1.03 bits per heavy atom. The van der Waals surface area contributed by atoms with Crippen LogP contribution in [-0.2, 0) is 16.1 Å². The number of rotatable bonds is 5. The van der Waals surface area contributed by atoms with E-state index in [0.29, 0.717) is 22.9 Å². The first-order chi connectivity index (χ1) is 14.1. The lowest BCUT2D eigenvalue weighted by Crippen LogP contribution is -2.07. The summed E-state index contributed by atoms with van der Waals surface area (Å²) in [6, 6.07) is 20.6. The molecule has 0 radical (unpaired) electrons. The van der Waals surface area contributed by atoms with Crippen molar-refractivity contribution in [3.8, 4) is 5.75 Å². The lowest BCUT2D eigenvalue weighted by atomic mass is 10.2. The van der Waals surface area contributed by atoms with Gasteiger partial charge in [0, 0.05) is 5.02 Å². The van der Waals surface area contributed by atoms with Crippen LogP contribution in [0, 0.1) is 5.82 Å². The second-order valence-corrected chi connectivity index (χ2v) is 6.74. The van der Waals surface area contributed by atoms with E-state index in [1.54, 1.807) is 30.3 Å². The highest BCUT2D eigenvalue weighted by molar-refractivity contribution is 6.30. The molecule has 1 aliphatic heterocycles. The lowest BCUT2D eigenvalue weighted by Gasteiger charge is -2.07. The van der Waals surface area contributed by atoms with Gasteiger partial charge in [-0.2, -0.15) is 0 Å². The molecule has 0 bridgehead atoms. The van der Waals surface area contributed by atoms with E-state index in [2.05, 4.69) is 4.99 Å². The standard InChI is InChI=1S/C23H15ClFNO3/c24-17-7-3-6-16(11-17)14-28-18-8-4-5-15(12-18)13-21-23(27)29-22(26-21)19-9-1-2-10-20(19)25/h1-13H,14H2/b21-13-. The van der Waals surface area contributed by atoms with Gasteiger partial charge in [-0.15, -0.1) is 0 Å². The Kier molecular flexibility index (Phi) is 5.40. The van der Waals surface area contributed by atoms with E-state index >= 15 is 0 Å². The average molecular weight is 408 g/mol. The first kappa shape index (κ1) is 18.9. The first-order valence-corrected chi connectivity index (χ1v) is 9.21. The topological polar surface area (TPSA) is 47.9 Å². The molecule has 0 aliphatic carbocycles. The van der Waals surface area contributed by atoms with E-state index in [1.807, 2.05) is 36.4 Å². The molecule has 4 rings (SSSR count). The summed E-state index contributed by atoms with van der Waals surface area (Å²) >= 11 is 5.98. The molecule has 0 fully saturated rings. The predicted molar refractivity (Wildman–Crippen MR) is 109 cm³/mol. The Balaban J connectivity index is 1.53. The number of carbonyl (C=O) groups is 1. The predicted octanol–water partition coefficient (Wildman–Crippen LogP) is 5.40. The molecule has 0 N–H and O–H groups in total. The van der Waals surface area contributed by atoms with Gasteiger partial charge in [0.05, 0.1) is 5.56 Å². The number of benzene rings is 3. The van der Waals surface area contributed by atoms with Gasteiger partial charge in [-0.3, -0.25) is 0 Å². The van der Waals surface area contributed by atoms with Crippen molar-refractivity contribution in [3.63, 3.8) is 0 Å². The molecule has 3 aromatic rings. The number of carbonyl (C=O) groups excluding carboxylic acids is 1. The van der Waals surface area contributed by atoms with Crippen molar-refractivity contribution in [3.05, 3.63) is 106 Å². The molecule has 3 aromatic carbocycles. The summed E-state index contributed by atoms with van der Waals surface area (Å²) < 4.78 is 24.8. The molecular formula is C23H15ClFNO3. The minimum absolute atomic E-state index is 0.0484. The summed E-state index contributed by atoms with van der Waals surface area (Å²) in [5.41, 5.74) is 1.89. The van der Waals surface area contributed by atoms with Crippen LogP contribution in [0.5, 0.6) is 5.75 Å². The van der Waals surface area contributed by atoms with Crippen LogP contribution >= 0.6 is 11.6 Å². The number of cyclic esters (lactones) is 1. The van der Waals surface area contributed by atoms with Crippen LogP contribution in [0.3, 0.4) is 0 Å². The third kappa shape index (κ3) is 4.52. The Hall–Kier alpha value is -3.44. The summed E-state index contributed by atoms with van der Waals surface area (Å²) in [7, 11) is 0. The first-order valence-electron chi connectivity index (χ1n) is 8.83. The second kappa shape index (κ2) is 8.29. The normalized spacial score (nSPS) is 14.6. The third-order valence-corrected chi connectivity index (χ3v) is 4.42. The van der Waals surface area contributed by atoms with Gasteiger partial charge in [0.15, 0.2) is 5.70 Å². The number of nitrogens with zero attached hydrogens (tertiary/aromatic N) is 1. The Morgan fingerprint density at radius 3 is 2.69 bits per heavy atom. The van der Waals surface area contributed by atoms with Gasteiger partial charge in [0.25, 0.3) is 0 Å². The fourth-order valence-electron chi connectivity index (χ4n) is 2.80. The van der Waals surface area contributed by atoms with E-state index in [4.69, 9.17) is 21.1 Å². The maximum Gasteiger partial charge on any atom is 0.363 e. The van der Waals surface area contributed by atoms with Crippen molar-refractivity contribution in [2.45, 2.75) is 6.61 Å².